The van der Waals surface area contributed by atoms with E-state index in [4.69, 9.17) is 0 Å². The van der Waals surface area contributed by atoms with Crippen molar-refractivity contribution in [1.29, 1.82) is 0 Å². The van der Waals surface area contributed by atoms with Gasteiger partial charge in [-0.2, -0.15) is 0 Å². The predicted molar refractivity (Wildman–Crippen MR) is 66.6 cm³/mol. The van der Waals surface area contributed by atoms with Gasteiger partial charge in [-0.05, 0) is 12.1 Å². The van der Waals surface area contributed by atoms with Crippen LogP contribution in [0, 0.1) is 5.92 Å². The molecule has 0 bridgehead atoms. The van der Waals surface area contributed by atoms with Crippen molar-refractivity contribution < 1.29 is 4.79 Å². The first-order valence-electron chi connectivity index (χ1n) is 5.85. The lowest BCUT2D eigenvalue weighted by molar-refractivity contribution is -0.125. The van der Waals surface area contributed by atoms with Crippen molar-refractivity contribution in [2.75, 3.05) is 0 Å². The summed E-state index contributed by atoms with van der Waals surface area (Å²) < 4.78 is 2.64. The molecule has 0 radical (unpaired) electrons. The lowest BCUT2D eigenvalue weighted by atomic mass is 10.0. The number of benzene rings is 1. The van der Waals surface area contributed by atoms with Gasteiger partial charge in [-0.25, -0.2) is 9.36 Å². The topological polar surface area (TPSA) is 61.1 Å². The Morgan fingerprint density at radius 2 is 1.56 bits per heavy atom. The summed E-state index contributed by atoms with van der Waals surface area (Å²) in [6, 6.07) is 6.72. The van der Waals surface area contributed by atoms with Crippen molar-refractivity contribution in [2.45, 2.75) is 20.0 Å². The minimum absolute atomic E-state index is 0.00761. The van der Waals surface area contributed by atoms with Crippen molar-refractivity contribution in [3.05, 3.63) is 45.0 Å². The van der Waals surface area contributed by atoms with E-state index in [-0.39, 0.29) is 35.9 Å². The molecule has 5 nitrogen and oxygen atoms in total. The number of nitrogens with zero attached hydrogens (tertiary/aromatic N) is 2. The number of carbonyl (C=O) groups excluding carboxylic acids is 1. The normalized spacial score (nSPS) is 18.9. The minimum Gasteiger partial charge on any atom is -0.297 e. The molecule has 0 spiro atoms. The van der Waals surface area contributed by atoms with E-state index in [9.17, 15) is 14.4 Å². The molecule has 3 rings (SSSR count). The van der Waals surface area contributed by atoms with Crippen LogP contribution >= 0.6 is 0 Å². The molecule has 5 heteroatoms. The van der Waals surface area contributed by atoms with Gasteiger partial charge in [-0.3, -0.25) is 14.4 Å². The number of rotatable bonds is 0. The third-order valence-electron chi connectivity index (χ3n) is 3.45. The number of hydrogen-bond donors (Lipinski definition) is 0. The molecule has 18 heavy (non-hydrogen) atoms. The number of aromatic nitrogens is 2. The van der Waals surface area contributed by atoms with Gasteiger partial charge in [-0.1, -0.05) is 19.1 Å². The summed E-state index contributed by atoms with van der Waals surface area (Å²) in [5.74, 6) is -0.227. The lowest BCUT2D eigenvalue weighted by Crippen LogP contribution is -2.47. The summed E-state index contributed by atoms with van der Waals surface area (Å²) >= 11 is 0. The van der Waals surface area contributed by atoms with E-state index in [1.165, 1.54) is 9.36 Å². The summed E-state index contributed by atoms with van der Waals surface area (Å²) in [6.45, 7) is 2.04. The van der Waals surface area contributed by atoms with E-state index < -0.39 is 0 Å². The fraction of sp³-hybridized carbons (Fsp3) is 0.308. The van der Waals surface area contributed by atoms with Crippen LogP contribution in [0.15, 0.2) is 33.9 Å². The maximum atomic E-state index is 12.3. The molecular weight excluding hydrogens is 232 g/mol. The second kappa shape index (κ2) is 3.66. The van der Waals surface area contributed by atoms with E-state index in [2.05, 4.69) is 0 Å². The van der Waals surface area contributed by atoms with E-state index in [0.29, 0.717) is 10.8 Å². The Labute approximate surface area is 102 Å². The van der Waals surface area contributed by atoms with Crippen LogP contribution in [-0.4, -0.2) is 15.1 Å². The summed E-state index contributed by atoms with van der Waals surface area (Å²) in [7, 11) is 0. The van der Waals surface area contributed by atoms with Gasteiger partial charge in [-0.15, -0.1) is 0 Å². The van der Waals surface area contributed by atoms with Crippen LogP contribution in [0.3, 0.4) is 0 Å². The van der Waals surface area contributed by atoms with Gasteiger partial charge in [0.25, 0.3) is 11.1 Å². The maximum Gasteiger partial charge on any atom is 0.273 e. The number of Topliss-reactive ketones (excluding diaryl/α,β-unsaturated/α-hetero) is 1. The average Bonchev–Trinajstić information content (AvgIpc) is 2.38. The Morgan fingerprint density at radius 3 is 2.17 bits per heavy atom. The first kappa shape index (κ1) is 11.0. The van der Waals surface area contributed by atoms with Crippen molar-refractivity contribution in [3.8, 4) is 0 Å². The zero-order valence-electron chi connectivity index (χ0n) is 9.92. The van der Waals surface area contributed by atoms with E-state index in [0.717, 1.165) is 0 Å². The molecule has 0 fully saturated rings. The molecule has 2 aromatic rings. The highest BCUT2D eigenvalue weighted by atomic mass is 16.2. The molecule has 92 valence electrons. The minimum atomic E-state index is -0.273. The van der Waals surface area contributed by atoms with Crippen molar-refractivity contribution in [2.24, 2.45) is 5.92 Å². The number of fused-ring (bicyclic) bond motifs is 2. The smallest absolute Gasteiger partial charge is 0.273 e. The molecule has 1 unspecified atom stereocenters. The molecule has 0 amide bonds. The molecule has 0 saturated heterocycles. The fourth-order valence-electron chi connectivity index (χ4n) is 2.36. The van der Waals surface area contributed by atoms with Crippen LogP contribution in [0.25, 0.3) is 10.8 Å². The van der Waals surface area contributed by atoms with Gasteiger partial charge in [0.05, 0.1) is 17.3 Å². The lowest BCUT2D eigenvalue weighted by Gasteiger charge is -2.24. The first-order chi connectivity index (χ1) is 8.59. The second-order valence-electron chi connectivity index (χ2n) is 4.66. The highest BCUT2D eigenvalue weighted by molar-refractivity contribution is 5.83. The Bertz CT molecular complexity index is 770. The zero-order chi connectivity index (χ0) is 12.9. The monoisotopic (exact) mass is 244 g/mol. The van der Waals surface area contributed by atoms with Crippen molar-refractivity contribution in [3.63, 3.8) is 0 Å². The Kier molecular flexibility index (Phi) is 2.23. The molecule has 0 saturated carbocycles. The van der Waals surface area contributed by atoms with Gasteiger partial charge in [0.15, 0.2) is 5.78 Å². The quantitative estimate of drug-likeness (QED) is 0.673. The molecule has 2 heterocycles. The van der Waals surface area contributed by atoms with Crippen LogP contribution in [0.4, 0.5) is 0 Å². The molecule has 0 N–H and O–H groups in total. The van der Waals surface area contributed by atoms with E-state index >= 15 is 0 Å². The summed E-state index contributed by atoms with van der Waals surface area (Å²) in [4.78, 5) is 36.2. The molecule has 1 aromatic heterocycles. The van der Waals surface area contributed by atoms with Crippen LogP contribution in [0.2, 0.25) is 0 Å². The first-order valence-corrected chi connectivity index (χ1v) is 5.85. The Balaban J connectivity index is 2.46. The summed E-state index contributed by atoms with van der Waals surface area (Å²) in [5.41, 5.74) is -0.477. The second-order valence-corrected chi connectivity index (χ2v) is 4.66. The van der Waals surface area contributed by atoms with Crippen LogP contribution < -0.4 is 11.1 Å². The van der Waals surface area contributed by atoms with E-state index in [1.54, 1.807) is 31.2 Å². The summed E-state index contributed by atoms with van der Waals surface area (Å²) in [5, 5.41) is 0.793. The Hall–Kier alpha value is -2.17. The average molecular weight is 244 g/mol. The van der Waals surface area contributed by atoms with Gasteiger partial charge in [0, 0.05) is 5.92 Å². The standard InChI is InChI=1S/C13H12N2O3/c1-8-6-14-12(17)9-4-2-3-5-10(9)13(18)15(14)7-11(8)16/h2-5,8H,6-7H2,1H3. The van der Waals surface area contributed by atoms with Gasteiger partial charge < -0.3 is 0 Å². The third kappa shape index (κ3) is 1.37. The van der Waals surface area contributed by atoms with E-state index in [1.807, 2.05) is 0 Å². The molecule has 1 aliphatic heterocycles. The Morgan fingerprint density at radius 1 is 1.00 bits per heavy atom. The van der Waals surface area contributed by atoms with Gasteiger partial charge >= 0.3 is 0 Å². The van der Waals surface area contributed by atoms with Crippen LogP contribution in [0.5, 0.6) is 0 Å². The molecule has 1 atom stereocenters. The number of carbonyl (C=O) groups is 1. The van der Waals surface area contributed by atoms with Crippen molar-refractivity contribution in [1.82, 2.24) is 9.36 Å². The number of ketones is 1. The highest BCUT2D eigenvalue weighted by Crippen LogP contribution is 2.10. The zero-order valence-corrected chi connectivity index (χ0v) is 9.92. The highest BCUT2D eigenvalue weighted by Gasteiger charge is 2.25. The van der Waals surface area contributed by atoms with Crippen LogP contribution in [0.1, 0.15) is 6.92 Å². The molecule has 1 aliphatic rings. The third-order valence-corrected chi connectivity index (χ3v) is 3.45. The van der Waals surface area contributed by atoms with Crippen molar-refractivity contribution >= 4 is 16.6 Å². The fourth-order valence-corrected chi connectivity index (χ4v) is 2.36. The summed E-state index contributed by atoms with van der Waals surface area (Å²) in [6.07, 6.45) is 0. The molecule has 1 aromatic carbocycles. The maximum absolute atomic E-state index is 12.3. The van der Waals surface area contributed by atoms with Crippen LogP contribution in [-0.2, 0) is 17.9 Å². The predicted octanol–water partition coefficient (Wildman–Crippen LogP) is 0.382. The number of hydrogen-bond acceptors (Lipinski definition) is 3. The largest absolute Gasteiger partial charge is 0.297 e. The van der Waals surface area contributed by atoms with Gasteiger partial charge in [0.2, 0.25) is 0 Å². The SMILES string of the molecule is CC1Cn2c(=O)c3ccccc3c(=O)n2CC1=O. The van der Waals surface area contributed by atoms with Gasteiger partial charge in [0.1, 0.15) is 6.54 Å². The molecule has 0 aliphatic carbocycles. The molecular formula is C13H12N2O3.